The van der Waals surface area contributed by atoms with Gasteiger partial charge in [-0.1, -0.05) is 36.3 Å². The van der Waals surface area contributed by atoms with Gasteiger partial charge in [-0.05, 0) is 61.1 Å². The second-order valence-electron chi connectivity index (χ2n) is 7.91. The van der Waals surface area contributed by atoms with E-state index in [1.165, 1.54) is 30.7 Å². The Morgan fingerprint density at radius 1 is 1.03 bits per heavy atom. The summed E-state index contributed by atoms with van der Waals surface area (Å²) in [7, 11) is 1.58. The molecule has 2 fully saturated rings. The number of oxime groups is 1. The minimum Gasteiger partial charge on any atom is -0.399 e. The van der Waals surface area contributed by atoms with Crippen LogP contribution in [-0.2, 0) is 9.57 Å². The predicted molar refractivity (Wildman–Crippen MR) is 117 cm³/mol. The van der Waals surface area contributed by atoms with Crippen molar-refractivity contribution in [1.29, 1.82) is 0 Å². The molecule has 2 aliphatic heterocycles. The van der Waals surface area contributed by atoms with Crippen molar-refractivity contribution in [3.8, 4) is 0 Å². The van der Waals surface area contributed by atoms with Gasteiger partial charge in [-0.25, -0.2) is 8.78 Å². The Labute approximate surface area is 180 Å². The molecule has 2 bridgehead atoms. The van der Waals surface area contributed by atoms with Gasteiger partial charge >= 0.3 is 0 Å². The minimum absolute atomic E-state index is 0.0299. The van der Waals surface area contributed by atoms with E-state index in [1.807, 2.05) is 11.8 Å². The zero-order valence-corrected chi connectivity index (χ0v) is 18.1. The molecule has 0 N–H and O–H groups in total. The van der Waals surface area contributed by atoms with Gasteiger partial charge in [-0.2, -0.15) is 11.8 Å². The maximum Gasteiger partial charge on any atom is 0.123 e. The number of fused-ring (bicyclic) bond motifs is 2. The summed E-state index contributed by atoms with van der Waals surface area (Å²) in [5, 5.41) is 5.38. The van der Waals surface area contributed by atoms with Gasteiger partial charge < -0.3 is 9.57 Å². The van der Waals surface area contributed by atoms with E-state index in [4.69, 9.17) is 9.57 Å². The molecule has 2 heterocycles. The lowest BCUT2D eigenvalue weighted by Gasteiger charge is -2.38. The molecule has 0 saturated carbocycles. The summed E-state index contributed by atoms with van der Waals surface area (Å²) in [5.74, 6) is -0.411. The third kappa shape index (κ3) is 4.54. The number of thioether (sulfide) groups is 1. The van der Waals surface area contributed by atoms with Crippen LogP contribution in [-0.4, -0.2) is 29.4 Å². The summed E-state index contributed by atoms with van der Waals surface area (Å²) in [6.45, 7) is 2.10. The highest BCUT2D eigenvalue weighted by atomic mass is 32.2. The van der Waals surface area contributed by atoms with Crippen molar-refractivity contribution in [3.05, 3.63) is 71.3 Å². The van der Waals surface area contributed by atoms with Crippen LogP contribution in [0, 0.1) is 17.6 Å². The SMILES string of the molecule is CCC(=NOC)[C@@H]1C2CCC(C[C@H]1OC(c1ccc(F)cc1)c1ccc(F)cc1)S2. The van der Waals surface area contributed by atoms with Crippen LogP contribution >= 0.6 is 11.8 Å². The quantitative estimate of drug-likeness (QED) is 0.390. The van der Waals surface area contributed by atoms with Crippen molar-refractivity contribution in [1.82, 2.24) is 0 Å². The van der Waals surface area contributed by atoms with Crippen LogP contribution in [0.2, 0.25) is 0 Å². The Morgan fingerprint density at radius 2 is 1.63 bits per heavy atom. The van der Waals surface area contributed by atoms with Crippen molar-refractivity contribution in [3.63, 3.8) is 0 Å². The average Bonchev–Trinajstić information content (AvgIpc) is 3.14. The van der Waals surface area contributed by atoms with Gasteiger partial charge in [0, 0.05) is 16.4 Å². The number of benzene rings is 2. The second-order valence-corrected chi connectivity index (χ2v) is 9.46. The molecule has 2 aromatic carbocycles. The molecule has 4 rings (SSSR count). The summed E-state index contributed by atoms with van der Waals surface area (Å²) >= 11 is 2.04. The van der Waals surface area contributed by atoms with E-state index < -0.39 is 6.10 Å². The molecular formula is C24H27F2NO2S. The fraction of sp³-hybridized carbons (Fsp3) is 0.458. The van der Waals surface area contributed by atoms with Gasteiger partial charge in [0.05, 0.1) is 11.8 Å². The van der Waals surface area contributed by atoms with Crippen LogP contribution in [0.15, 0.2) is 53.7 Å². The fourth-order valence-corrected chi connectivity index (χ4v) is 6.50. The smallest absolute Gasteiger partial charge is 0.123 e. The first-order chi connectivity index (χ1) is 14.6. The zero-order chi connectivity index (χ0) is 21.1. The number of halogens is 2. The molecule has 3 nitrogen and oxygen atoms in total. The highest BCUT2D eigenvalue weighted by Crippen LogP contribution is 2.49. The van der Waals surface area contributed by atoms with E-state index in [-0.39, 0.29) is 23.7 Å². The Bertz CT molecular complexity index is 826. The van der Waals surface area contributed by atoms with Gasteiger partial charge in [0.15, 0.2) is 0 Å². The highest BCUT2D eigenvalue weighted by molar-refractivity contribution is 8.00. The lowest BCUT2D eigenvalue weighted by atomic mass is 9.89. The van der Waals surface area contributed by atoms with Crippen LogP contribution in [0.5, 0.6) is 0 Å². The molecule has 0 aliphatic carbocycles. The van der Waals surface area contributed by atoms with E-state index in [9.17, 15) is 8.78 Å². The largest absolute Gasteiger partial charge is 0.399 e. The highest BCUT2D eigenvalue weighted by Gasteiger charge is 2.46. The summed E-state index contributed by atoms with van der Waals surface area (Å²) in [4.78, 5) is 5.14. The van der Waals surface area contributed by atoms with Crippen LogP contribution in [0.3, 0.4) is 0 Å². The Kier molecular flexibility index (Phi) is 6.74. The van der Waals surface area contributed by atoms with Gasteiger partial charge in [0.25, 0.3) is 0 Å². The standard InChI is InChI=1S/C24H27F2NO2S/c1-3-20(27-28-2)23-21(14-19-12-13-22(23)30-19)29-24(15-4-8-17(25)9-5-15)16-6-10-18(26)11-7-16/h4-11,19,21-24H,3,12-14H2,1-2H3/t19?,21-,22?,23+/m1/s1. The molecule has 4 atom stereocenters. The van der Waals surface area contributed by atoms with Crippen molar-refractivity contribution in [2.24, 2.45) is 11.1 Å². The maximum absolute atomic E-state index is 13.6. The lowest BCUT2D eigenvalue weighted by Crippen LogP contribution is -2.41. The molecule has 2 aliphatic rings. The normalized spacial score (nSPS) is 26.2. The van der Waals surface area contributed by atoms with Gasteiger partial charge in [0.1, 0.15) is 24.8 Å². The number of nitrogens with zero attached hydrogens (tertiary/aromatic N) is 1. The molecule has 0 aromatic heterocycles. The third-order valence-electron chi connectivity index (χ3n) is 6.05. The van der Waals surface area contributed by atoms with Crippen LogP contribution in [0.25, 0.3) is 0 Å². The van der Waals surface area contributed by atoms with E-state index >= 15 is 0 Å². The number of hydrogen-bond donors (Lipinski definition) is 0. The molecule has 2 saturated heterocycles. The van der Waals surface area contributed by atoms with Gasteiger partial charge in [-0.15, -0.1) is 0 Å². The predicted octanol–water partition coefficient (Wildman–Crippen LogP) is 6.14. The van der Waals surface area contributed by atoms with Gasteiger partial charge in [0.2, 0.25) is 0 Å². The van der Waals surface area contributed by atoms with Crippen LogP contribution in [0.4, 0.5) is 8.78 Å². The fourth-order valence-electron chi connectivity index (χ4n) is 4.66. The summed E-state index contributed by atoms with van der Waals surface area (Å²) < 4.78 is 33.9. The summed E-state index contributed by atoms with van der Waals surface area (Å²) in [6.07, 6.45) is 3.65. The van der Waals surface area contributed by atoms with Crippen molar-refractivity contribution >= 4 is 17.5 Å². The van der Waals surface area contributed by atoms with E-state index in [0.717, 1.165) is 36.1 Å². The molecule has 0 radical (unpaired) electrons. The summed E-state index contributed by atoms with van der Waals surface area (Å²) in [6, 6.07) is 12.7. The lowest BCUT2D eigenvalue weighted by molar-refractivity contribution is -0.0163. The Hall–Kier alpha value is -1.92. The second kappa shape index (κ2) is 9.48. The molecule has 2 unspecified atom stereocenters. The first-order valence-corrected chi connectivity index (χ1v) is 11.4. The Balaban J connectivity index is 1.68. The minimum atomic E-state index is -0.401. The molecule has 30 heavy (non-hydrogen) atoms. The number of rotatable bonds is 7. The Morgan fingerprint density at radius 3 is 2.17 bits per heavy atom. The van der Waals surface area contributed by atoms with Crippen molar-refractivity contribution in [2.75, 3.05) is 7.11 Å². The van der Waals surface area contributed by atoms with Crippen LogP contribution in [0.1, 0.15) is 49.8 Å². The van der Waals surface area contributed by atoms with E-state index in [0.29, 0.717) is 10.5 Å². The molecule has 0 spiro atoms. The van der Waals surface area contributed by atoms with Gasteiger partial charge in [-0.3, -0.25) is 0 Å². The third-order valence-corrected chi connectivity index (χ3v) is 7.74. The van der Waals surface area contributed by atoms with Crippen LogP contribution < -0.4 is 0 Å². The zero-order valence-electron chi connectivity index (χ0n) is 17.3. The van der Waals surface area contributed by atoms with E-state index in [1.54, 1.807) is 31.4 Å². The van der Waals surface area contributed by atoms with Crippen molar-refractivity contribution in [2.45, 2.75) is 55.3 Å². The molecule has 2 aromatic rings. The number of hydrogen-bond acceptors (Lipinski definition) is 4. The molecular weight excluding hydrogens is 404 g/mol. The monoisotopic (exact) mass is 431 g/mol. The van der Waals surface area contributed by atoms with Crippen molar-refractivity contribution < 1.29 is 18.4 Å². The first kappa shape index (κ1) is 21.3. The molecule has 0 amide bonds. The number of ether oxygens (including phenoxy) is 1. The average molecular weight is 432 g/mol. The maximum atomic E-state index is 13.6. The van der Waals surface area contributed by atoms with E-state index in [2.05, 4.69) is 12.1 Å². The topological polar surface area (TPSA) is 30.8 Å². The molecule has 6 heteroatoms. The first-order valence-electron chi connectivity index (χ1n) is 10.5. The molecule has 160 valence electrons. The summed E-state index contributed by atoms with van der Waals surface area (Å²) in [5.41, 5.74) is 2.74.